The highest BCUT2D eigenvalue weighted by molar-refractivity contribution is 5.89. The predicted molar refractivity (Wildman–Crippen MR) is 122 cm³/mol. The van der Waals surface area contributed by atoms with Gasteiger partial charge in [-0.1, -0.05) is 29.4 Å². The normalized spacial score (nSPS) is 11.3. The van der Waals surface area contributed by atoms with E-state index in [1.54, 1.807) is 12.1 Å². The molecule has 2 heterocycles. The van der Waals surface area contributed by atoms with Crippen LogP contribution in [-0.4, -0.2) is 56.1 Å². The maximum absolute atomic E-state index is 13.5. The van der Waals surface area contributed by atoms with Gasteiger partial charge in [0.15, 0.2) is 18.2 Å². The molecule has 0 bridgehead atoms. The lowest BCUT2D eigenvalue weighted by molar-refractivity contribution is -0.385. The first-order valence-electron chi connectivity index (χ1n) is 10.9. The summed E-state index contributed by atoms with van der Waals surface area (Å²) in [5.41, 5.74) is 0.0512. The fraction of sp³-hybridized carbons (Fsp3) is 0.227. The average Bonchev–Trinajstić information content (AvgIpc) is 3.51. The smallest absolute Gasteiger partial charge is 0.449 e. The second-order valence-corrected chi connectivity index (χ2v) is 7.64. The number of hydrogen-bond donors (Lipinski definition) is 2. The van der Waals surface area contributed by atoms with E-state index in [0.717, 1.165) is 4.57 Å². The van der Waals surface area contributed by atoms with Crippen molar-refractivity contribution < 1.29 is 36.9 Å². The van der Waals surface area contributed by atoms with Crippen molar-refractivity contribution in [3.05, 3.63) is 76.2 Å². The molecule has 4 rings (SSSR count). The van der Waals surface area contributed by atoms with Crippen LogP contribution in [0.25, 0.3) is 11.0 Å². The van der Waals surface area contributed by atoms with Crippen molar-refractivity contribution in [1.29, 1.82) is 0 Å². The van der Waals surface area contributed by atoms with Crippen LogP contribution >= 0.6 is 0 Å². The molecule has 0 aliphatic heterocycles. The Labute approximate surface area is 210 Å². The maximum Gasteiger partial charge on any atom is 0.449 e. The third-order valence-corrected chi connectivity index (χ3v) is 5.02. The quantitative estimate of drug-likeness (QED) is 0.177. The van der Waals surface area contributed by atoms with Gasteiger partial charge in [0.05, 0.1) is 22.5 Å². The molecule has 0 radical (unpaired) electrons. The number of rotatable bonds is 10. The number of nitrogens with one attached hydrogen (secondary N) is 2. The van der Waals surface area contributed by atoms with Crippen LogP contribution in [-0.2, 0) is 17.5 Å². The van der Waals surface area contributed by atoms with E-state index in [2.05, 4.69) is 25.8 Å². The molecule has 2 aromatic heterocycles. The second kappa shape index (κ2) is 10.9. The van der Waals surface area contributed by atoms with Crippen LogP contribution in [0.3, 0.4) is 0 Å². The number of halogens is 3. The van der Waals surface area contributed by atoms with Gasteiger partial charge in [-0.15, -0.1) is 0 Å². The molecule has 2 N–H and O–H groups in total. The van der Waals surface area contributed by atoms with Crippen molar-refractivity contribution in [2.75, 3.05) is 19.7 Å². The summed E-state index contributed by atoms with van der Waals surface area (Å²) in [5, 5.41) is 19.4. The number of nitro groups is 1. The van der Waals surface area contributed by atoms with Gasteiger partial charge in [-0.05, 0) is 18.2 Å². The van der Waals surface area contributed by atoms with E-state index in [1.165, 1.54) is 36.4 Å². The number of ether oxygens (including phenoxy) is 1. The second-order valence-electron chi connectivity index (χ2n) is 7.64. The van der Waals surface area contributed by atoms with Crippen molar-refractivity contribution in [2.24, 2.45) is 0 Å². The highest BCUT2D eigenvalue weighted by atomic mass is 19.4. The van der Waals surface area contributed by atoms with Gasteiger partial charge in [0.2, 0.25) is 5.82 Å². The highest BCUT2D eigenvalue weighted by Crippen LogP contribution is 2.31. The van der Waals surface area contributed by atoms with Gasteiger partial charge >= 0.3 is 23.7 Å². The van der Waals surface area contributed by atoms with Crippen LogP contribution in [0.5, 0.6) is 5.75 Å². The van der Waals surface area contributed by atoms with Gasteiger partial charge in [0.1, 0.15) is 0 Å². The van der Waals surface area contributed by atoms with E-state index in [4.69, 9.17) is 9.26 Å². The van der Waals surface area contributed by atoms with E-state index in [9.17, 15) is 32.9 Å². The van der Waals surface area contributed by atoms with Gasteiger partial charge in [-0.2, -0.15) is 18.2 Å². The molecule has 0 saturated heterocycles. The summed E-state index contributed by atoms with van der Waals surface area (Å²) in [5.74, 6) is -3.27. The van der Waals surface area contributed by atoms with Crippen molar-refractivity contribution in [3.63, 3.8) is 0 Å². The van der Waals surface area contributed by atoms with Crippen molar-refractivity contribution >= 4 is 28.5 Å². The van der Waals surface area contributed by atoms with Crippen LogP contribution < -0.4 is 15.4 Å². The molecule has 0 aliphatic rings. The van der Waals surface area contributed by atoms with Crippen LogP contribution in [0.15, 0.2) is 53.1 Å². The number of imidazole rings is 1. The third kappa shape index (κ3) is 6.03. The lowest BCUT2D eigenvalue weighted by Crippen LogP contribution is -2.36. The Balaban J connectivity index is 1.28. The van der Waals surface area contributed by atoms with Crippen LogP contribution in [0.1, 0.15) is 22.3 Å². The molecule has 198 valence electrons. The standard InChI is InChI=1S/C22H18F3N7O6/c23-22(24,25)21-28-13-5-1-2-6-14(13)31(21)11-17-29-20(38-30-17)19(34)27-10-9-26-18(33)12-37-16-8-4-3-7-15(16)32(35)36/h1-8H,9-12H2,(H,26,33)(H,27,34). The van der Waals surface area contributed by atoms with Crippen molar-refractivity contribution in [2.45, 2.75) is 12.7 Å². The summed E-state index contributed by atoms with van der Waals surface area (Å²) >= 11 is 0. The van der Waals surface area contributed by atoms with E-state index in [1.807, 2.05) is 0 Å². The summed E-state index contributed by atoms with van der Waals surface area (Å²) in [7, 11) is 0. The first-order valence-corrected chi connectivity index (χ1v) is 10.9. The molecule has 0 fully saturated rings. The van der Waals surface area contributed by atoms with Gasteiger partial charge in [0.25, 0.3) is 5.91 Å². The number of carbonyl (C=O) groups is 2. The minimum atomic E-state index is -4.73. The lowest BCUT2D eigenvalue weighted by atomic mass is 10.3. The number of aromatic nitrogens is 4. The van der Waals surface area contributed by atoms with Gasteiger partial charge in [-0.3, -0.25) is 19.7 Å². The molecule has 2 aromatic carbocycles. The number of amides is 2. The Morgan fingerprint density at radius 2 is 1.76 bits per heavy atom. The Morgan fingerprint density at radius 1 is 1.05 bits per heavy atom. The van der Waals surface area contributed by atoms with Crippen LogP contribution in [0.2, 0.25) is 0 Å². The molecule has 0 saturated carbocycles. The fourth-order valence-corrected chi connectivity index (χ4v) is 3.38. The molecule has 16 heteroatoms. The van der Waals surface area contributed by atoms with Crippen LogP contribution in [0.4, 0.5) is 18.9 Å². The summed E-state index contributed by atoms with van der Waals surface area (Å²) in [4.78, 5) is 42.0. The number of fused-ring (bicyclic) bond motifs is 1. The van der Waals surface area contributed by atoms with E-state index in [-0.39, 0.29) is 41.4 Å². The van der Waals surface area contributed by atoms with Crippen LogP contribution in [0, 0.1) is 10.1 Å². The zero-order valence-electron chi connectivity index (χ0n) is 19.3. The number of carbonyl (C=O) groups excluding carboxylic acids is 2. The maximum atomic E-state index is 13.5. The highest BCUT2D eigenvalue weighted by Gasteiger charge is 2.38. The summed E-state index contributed by atoms with van der Waals surface area (Å²) < 4.78 is 51.3. The number of hydrogen-bond acceptors (Lipinski definition) is 9. The van der Waals surface area contributed by atoms with Gasteiger partial charge < -0.3 is 24.5 Å². The van der Waals surface area contributed by atoms with E-state index in [0.29, 0.717) is 0 Å². The minimum Gasteiger partial charge on any atom is -0.477 e. The lowest BCUT2D eigenvalue weighted by Gasteiger charge is -2.09. The number of alkyl halides is 3. The van der Waals surface area contributed by atoms with E-state index >= 15 is 0 Å². The van der Waals surface area contributed by atoms with Crippen molar-refractivity contribution in [1.82, 2.24) is 30.3 Å². The summed E-state index contributed by atoms with van der Waals surface area (Å²) in [6.07, 6.45) is -4.73. The Kier molecular flexibility index (Phi) is 7.50. The molecule has 0 unspecified atom stereocenters. The third-order valence-electron chi connectivity index (χ3n) is 5.02. The molecule has 13 nitrogen and oxygen atoms in total. The molecule has 4 aromatic rings. The summed E-state index contributed by atoms with van der Waals surface area (Å²) in [6.45, 7) is -1.02. The zero-order valence-corrected chi connectivity index (χ0v) is 19.3. The molecule has 0 spiro atoms. The largest absolute Gasteiger partial charge is 0.477 e. The molecule has 0 aliphatic carbocycles. The monoisotopic (exact) mass is 533 g/mol. The molecular formula is C22H18F3N7O6. The molecule has 2 amide bonds. The number of para-hydroxylation sites is 4. The topological polar surface area (TPSA) is 167 Å². The van der Waals surface area contributed by atoms with E-state index < -0.39 is 47.8 Å². The average molecular weight is 533 g/mol. The minimum absolute atomic E-state index is 0.0260. The first-order chi connectivity index (χ1) is 18.1. The summed E-state index contributed by atoms with van der Waals surface area (Å²) in [6, 6.07) is 11.6. The number of nitrogens with zero attached hydrogens (tertiary/aromatic N) is 5. The van der Waals surface area contributed by atoms with Crippen molar-refractivity contribution in [3.8, 4) is 5.75 Å². The van der Waals surface area contributed by atoms with Gasteiger partial charge in [-0.25, -0.2) is 4.98 Å². The Bertz CT molecular complexity index is 1480. The van der Waals surface area contributed by atoms with Gasteiger partial charge in [0, 0.05) is 19.2 Å². The SMILES string of the molecule is O=C(COc1ccccc1[N+](=O)[O-])NCCNC(=O)c1nc(Cn2c(C(F)(F)F)nc3ccccc32)no1. The Hall–Kier alpha value is -5.02. The molecular weight excluding hydrogens is 515 g/mol. The predicted octanol–water partition coefficient (Wildman–Crippen LogP) is 2.32. The fourth-order valence-electron chi connectivity index (χ4n) is 3.38. The number of benzene rings is 2. The number of nitro benzene ring substituents is 1. The zero-order chi connectivity index (χ0) is 27.3. The molecule has 38 heavy (non-hydrogen) atoms. The molecule has 0 atom stereocenters. The first kappa shape index (κ1) is 26.1. The Morgan fingerprint density at radius 3 is 2.53 bits per heavy atom.